The molecule has 9 aromatic rings. The number of thiophene rings is 1. The summed E-state index contributed by atoms with van der Waals surface area (Å²) in [7, 11) is 0. The predicted octanol–water partition coefficient (Wildman–Crippen LogP) is 11.2. The summed E-state index contributed by atoms with van der Waals surface area (Å²) in [4.78, 5) is 5.26. The van der Waals surface area contributed by atoms with Gasteiger partial charge in [-0.25, -0.2) is 4.99 Å². The molecule has 5 heteroatoms. The highest BCUT2D eigenvalue weighted by Crippen LogP contribution is 2.40. The minimum absolute atomic E-state index is 0.0760. The summed E-state index contributed by atoms with van der Waals surface area (Å²) < 4.78 is 4.88. The molecular formula is C45H32N4S. The summed E-state index contributed by atoms with van der Waals surface area (Å²) in [5.74, 6) is 0.907. The van der Waals surface area contributed by atoms with Crippen molar-refractivity contribution in [3.05, 3.63) is 187 Å². The second-order valence-electron chi connectivity index (χ2n) is 12.9. The Hall–Kier alpha value is -6.01. The van der Waals surface area contributed by atoms with Crippen molar-refractivity contribution in [2.24, 2.45) is 4.99 Å². The first-order valence-corrected chi connectivity index (χ1v) is 17.9. The van der Waals surface area contributed by atoms with Crippen LogP contribution in [0.5, 0.6) is 0 Å². The van der Waals surface area contributed by atoms with E-state index in [0.717, 1.165) is 17.0 Å². The molecule has 1 aliphatic rings. The third kappa shape index (κ3) is 4.82. The first-order chi connectivity index (χ1) is 24.8. The predicted molar refractivity (Wildman–Crippen MR) is 210 cm³/mol. The van der Waals surface area contributed by atoms with Crippen LogP contribution in [0.25, 0.3) is 58.8 Å². The number of nitrogens with one attached hydrogen (secondary N) is 2. The van der Waals surface area contributed by atoms with Gasteiger partial charge in [0.15, 0.2) is 0 Å². The molecule has 0 bridgehead atoms. The van der Waals surface area contributed by atoms with Gasteiger partial charge in [-0.1, -0.05) is 127 Å². The molecule has 2 N–H and O–H groups in total. The summed E-state index contributed by atoms with van der Waals surface area (Å²) >= 11 is 1.85. The van der Waals surface area contributed by atoms with E-state index >= 15 is 0 Å². The quantitative estimate of drug-likeness (QED) is 0.193. The van der Waals surface area contributed by atoms with Crippen molar-refractivity contribution >= 4 is 59.2 Å². The molecule has 1 aliphatic heterocycles. The number of para-hydroxylation sites is 2. The van der Waals surface area contributed by atoms with Gasteiger partial charge in [0, 0.05) is 42.2 Å². The monoisotopic (exact) mass is 660 g/mol. The Morgan fingerprint density at radius 2 is 1.18 bits per heavy atom. The third-order valence-electron chi connectivity index (χ3n) is 9.89. The van der Waals surface area contributed by atoms with Crippen LogP contribution in [0.1, 0.15) is 29.0 Å². The average molecular weight is 661 g/mol. The van der Waals surface area contributed by atoms with Crippen LogP contribution in [-0.2, 0) is 0 Å². The van der Waals surface area contributed by atoms with Crippen LogP contribution in [-0.4, -0.2) is 10.4 Å². The SMILES string of the molecule is c1ccc(C2N=C(c3cccc4c3sc3cc(-c5ccc6c(c5)c5ccccc5n6-c5ccccc5)ccc34)NC(c3ccccc3)N2)cc1. The Kier molecular flexibility index (Phi) is 6.86. The highest BCUT2D eigenvalue weighted by Gasteiger charge is 2.26. The minimum atomic E-state index is -0.170. The summed E-state index contributed by atoms with van der Waals surface area (Å²) in [6, 6.07) is 60.8. The maximum atomic E-state index is 5.26. The molecule has 0 fully saturated rings. The zero-order chi connectivity index (χ0) is 33.0. The van der Waals surface area contributed by atoms with Gasteiger partial charge in [0.25, 0.3) is 0 Å². The first kappa shape index (κ1) is 29.0. The highest BCUT2D eigenvalue weighted by molar-refractivity contribution is 7.26. The van der Waals surface area contributed by atoms with E-state index < -0.39 is 0 Å². The van der Waals surface area contributed by atoms with Crippen LogP contribution in [0.15, 0.2) is 175 Å². The number of benzene rings is 7. The zero-order valence-electron chi connectivity index (χ0n) is 27.1. The Morgan fingerprint density at radius 3 is 2.00 bits per heavy atom. The molecule has 4 nitrogen and oxygen atoms in total. The van der Waals surface area contributed by atoms with Crippen LogP contribution in [0.3, 0.4) is 0 Å². The smallest absolute Gasteiger partial charge is 0.133 e. The fourth-order valence-electron chi connectivity index (χ4n) is 7.49. The number of hydrogen-bond donors (Lipinski definition) is 2. The van der Waals surface area contributed by atoms with Crippen LogP contribution < -0.4 is 10.6 Å². The minimum Gasteiger partial charge on any atom is -0.350 e. The molecule has 2 unspecified atom stereocenters. The van der Waals surface area contributed by atoms with Crippen molar-refractivity contribution in [3.8, 4) is 16.8 Å². The lowest BCUT2D eigenvalue weighted by atomic mass is 10.0. The molecule has 2 aromatic heterocycles. The second kappa shape index (κ2) is 11.8. The molecule has 7 aromatic carbocycles. The molecule has 0 amide bonds. The van der Waals surface area contributed by atoms with Crippen LogP contribution >= 0.6 is 11.3 Å². The van der Waals surface area contributed by atoms with E-state index in [4.69, 9.17) is 4.99 Å². The molecule has 0 saturated carbocycles. The topological polar surface area (TPSA) is 41.4 Å². The largest absolute Gasteiger partial charge is 0.350 e. The molecule has 0 aliphatic carbocycles. The molecule has 10 rings (SSSR count). The van der Waals surface area contributed by atoms with Crippen LogP contribution in [0.2, 0.25) is 0 Å². The number of nitrogens with zero attached hydrogens (tertiary/aromatic N) is 2. The van der Waals surface area contributed by atoms with Gasteiger partial charge in [-0.3, -0.25) is 5.32 Å². The molecular weight excluding hydrogens is 629 g/mol. The van der Waals surface area contributed by atoms with E-state index in [1.165, 1.54) is 64.4 Å². The van der Waals surface area contributed by atoms with Gasteiger partial charge in [-0.2, -0.15) is 0 Å². The highest BCUT2D eigenvalue weighted by atomic mass is 32.1. The zero-order valence-corrected chi connectivity index (χ0v) is 27.9. The van der Waals surface area contributed by atoms with Crippen molar-refractivity contribution in [3.63, 3.8) is 0 Å². The summed E-state index contributed by atoms with van der Waals surface area (Å²) in [5.41, 5.74) is 9.49. The van der Waals surface area contributed by atoms with E-state index in [1.54, 1.807) is 0 Å². The fraction of sp³-hybridized carbons (Fsp3) is 0.0444. The Bertz CT molecular complexity index is 2710. The lowest BCUT2D eigenvalue weighted by Gasteiger charge is -2.32. The number of rotatable bonds is 5. The molecule has 2 atom stereocenters. The van der Waals surface area contributed by atoms with Gasteiger partial charge in [0.05, 0.1) is 11.0 Å². The van der Waals surface area contributed by atoms with Gasteiger partial charge in [0.1, 0.15) is 18.2 Å². The molecule has 0 saturated heterocycles. The van der Waals surface area contributed by atoms with Crippen molar-refractivity contribution in [1.29, 1.82) is 0 Å². The standard InChI is InChI=1S/C45H32N4S/c1-4-13-29(14-5-1)43-46-44(30-15-6-2-7-16-30)48-45(47-43)37-21-12-20-36-35-25-23-32(28-41(35)50-42(36)37)31-24-26-40-38(27-31)34-19-10-11-22-39(34)49(40)33-17-8-3-9-18-33/h1-28,43-44,46H,(H,47,48). The number of hydrogen-bond acceptors (Lipinski definition) is 4. The van der Waals surface area contributed by atoms with Crippen molar-refractivity contribution in [2.75, 3.05) is 0 Å². The number of aromatic nitrogens is 1. The number of amidine groups is 1. The number of fused-ring (bicyclic) bond motifs is 6. The molecule has 3 heterocycles. The van der Waals surface area contributed by atoms with Gasteiger partial charge in [0.2, 0.25) is 0 Å². The Labute approximate surface area is 294 Å². The molecule has 0 radical (unpaired) electrons. The van der Waals surface area contributed by atoms with Crippen LogP contribution in [0, 0.1) is 0 Å². The molecule has 50 heavy (non-hydrogen) atoms. The molecule has 238 valence electrons. The lowest BCUT2D eigenvalue weighted by Crippen LogP contribution is -2.44. The number of aliphatic imine (C=N–C) groups is 1. The fourth-order valence-corrected chi connectivity index (χ4v) is 8.75. The lowest BCUT2D eigenvalue weighted by molar-refractivity contribution is 0.409. The second-order valence-corrected chi connectivity index (χ2v) is 13.9. The average Bonchev–Trinajstić information content (AvgIpc) is 3.74. The summed E-state index contributed by atoms with van der Waals surface area (Å²) in [6.45, 7) is 0. The first-order valence-electron chi connectivity index (χ1n) is 17.0. The van der Waals surface area contributed by atoms with Crippen molar-refractivity contribution < 1.29 is 0 Å². The molecule has 0 spiro atoms. The Morgan fingerprint density at radius 1 is 0.520 bits per heavy atom. The van der Waals surface area contributed by atoms with Gasteiger partial charge >= 0.3 is 0 Å². The third-order valence-corrected chi connectivity index (χ3v) is 11.1. The van der Waals surface area contributed by atoms with Gasteiger partial charge in [-0.05, 0) is 64.7 Å². The summed E-state index contributed by atoms with van der Waals surface area (Å²) in [5, 5.41) is 12.5. The van der Waals surface area contributed by atoms with Crippen molar-refractivity contribution in [2.45, 2.75) is 12.3 Å². The van der Waals surface area contributed by atoms with E-state index in [9.17, 15) is 0 Å². The summed E-state index contributed by atoms with van der Waals surface area (Å²) in [6.07, 6.45) is -0.246. The van der Waals surface area contributed by atoms with Gasteiger partial charge in [-0.15, -0.1) is 11.3 Å². The van der Waals surface area contributed by atoms with E-state index in [-0.39, 0.29) is 12.3 Å². The van der Waals surface area contributed by atoms with Gasteiger partial charge < -0.3 is 9.88 Å². The van der Waals surface area contributed by atoms with Crippen LogP contribution in [0.4, 0.5) is 0 Å². The Balaban J connectivity index is 1.08. The maximum Gasteiger partial charge on any atom is 0.133 e. The maximum absolute atomic E-state index is 5.26. The van der Waals surface area contributed by atoms with E-state index in [0.29, 0.717) is 0 Å². The van der Waals surface area contributed by atoms with Crippen molar-refractivity contribution in [1.82, 2.24) is 15.2 Å². The van der Waals surface area contributed by atoms with E-state index in [1.807, 2.05) is 11.3 Å². The normalized spacial score (nSPS) is 16.2. The van der Waals surface area contributed by atoms with E-state index in [2.05, 4.69) is 185 Å².